The largest absolute Gasteiger partial charge is 0.309 e. The van der Waals surface area contributed by atoms with Crippen LogP contribution in [0.3, 0.4) is 0 Å². The number of halogens is 1. The van der Waals surface area contributed by atoms with E-state index in [9.17, 15) is 4.39 Å². The van der Waals surface area contributed by atoms with E-state index in [1.807, 2.05) is 18.3 Å². The highest BCUT2D eigenvalue weighted by Gasteiger charge is 1.98. The molecule has 0 bridgehead atoms. The van der Waals surface area contributed by atoms with Gasteiger partial charge in [-0.3, -0.25) is 4.98 Å². The minimum absolute atomic E-state index is 0.193. The zero-order valence-corrected chi connectivity index (χ0v) is 9.78. The number of rotatable bonds is 4. The molecule has 0 aliphatic carbocycles. The first kappa shape index (κ1) is 11.7. The van der Waals surface area contributed by atoms with Gasteiger partial charge in [-0.2, -0.15) is 0 Å². The van der Waals surface area contributed by atoms with Crippen molar-refractivity contribution >= 4 is 0 Å². The molecule has 3 heteroatoms. The summed E-state index contributed by atoms with van der Waals surface area (Å²) in [6.45, 7) is 3.46. The Hall–Kier alpha value is -1.74. The number of aromatic nitrogens is 1. The third-order valence-corrected chi connectivity index (χ3v) is 2.68. The van der Waals surface area contributed by atoms with Crippen LogP contribution in [0.25, 0.3) is 0 Å². The lowest BCUT2D eigenvalue weighted by Gasteiger charge is -2.07. The highest BCUT2D eigenvalue weighted by molar-refractivity contribution is 5.21. The Bertz CT molecular complexity index is 497. The van der Waals surface area contributed by atoms with Gasteiger partial charge < -0.3 is 5.32 Å². The molecule has 0 radical (unpaired) electrons. The summed E-state index contributed by atoms with van der Waals surface area (Å²) >= 11 is 0. The van der Waals surface area contributed by atoms with Crippen molar-refractivity contribution in [3.63, 3.8) is 0 Å². The van der Waals surface area contributed by atoms with Crippen molar-refractivity contribution in [2.75, 3.05) is 0 Å². The van der Waals surface area contributed by atoms with Crippen LogP contribution in [-0.4, -0.2) is 4.98 Å². The van der Waals surface area contributed by atoms with E-state index in [2.05, 4.69) is 17.2 Å². The zero-order valence-electron chi connectivity index (χ0n) is 9.78. The lowest BCUT2D eigenvalue weighted by atomic mass is 10.1. The number of hydrogen-bond acceptors (Lipinski definition) is 2. The number of nitrogens with one attached hydrogen (secondary N) is 1. The molecule has 0 saturated heterocycles. The van der Waals surface area contributed by atoms with E-state index in [1.54, 1.807) is 18.3 Å². The molecule has 1 aromatic heterocycles. The summed E-state index contributed by atoms with van der Waals surface area (Å²) in [5.74, 6) is -0.193. The van der Waals surface area contributed by atoms with Crippen molar-refractivity contribution in [1.82, 2.24) is 10.3 Å². The number of hydrogen-bond donors (Lipinski definition) is 1. The van der Waals surface area contributed by atoms with E-state index in [-0.39, 0.29) is 5.82 Å². The first-order chi connectivity index (χ1) is 8.25. The topological polar surface area (TPSA) is 24.9 Å². The Labute approximate surface area is 101 Å². The monoisotopic (exact) mass is 230 g/mol. The fraction of sp³-hybridized carbons (Fsp3) is 0.214. The number of nitrogens with zero attached hydrogens (tertiary/aromatic N) is 1. The molecule has 1 N–H and O–H groups in total. The highest BCUT2D eigenvalue weighted by atomic mass is 19.1. The molecule has 0 spiro atoms. The molecule has 88 valence electrons. The molecule has 2 rings (SSSR count). The normalized spacial score (nSPS) is 10.5. The summed E-state index contributed by atoms with van der Waals surface area (Å²) in [6, 6.07) is 8.62. The van der Waals surface area contributed by atoms with Crippen molar-refractivity contribution < 1.29 is 4.39 Å². The fourth-order valence-corrected chi connectivity index (χ4v) is 1.67. The predicted molar refractivity (Wildman–Crippen MR) is 65.9 cm³/mol. The van der Waals surface area contributed by atoms with Crippen LogP contribution in [0, 0.1) is 12.7 Å². The smallest absolute Gasteiger partial charge is 0.123 e. The number of benzene rings is 1. The lowest BCUT2D eigenvalue weighted by Crippen LogP contribution is -2.13. The first-order valence-corrected chi connectivity index (χ1v) is 5.60. The zero-order chi connectivity index (χ0) is 12.1. The van der Waals surface area contributed by atoms with Crippen LogP contribution in [0.5, 0.6) is 0 Å². The summed E-state index contributed by atoms with van der Waals surface area (Å²) in [5.41, 5.74) is 3.34. The van der Waals surface area contributed by atoms with E-state index < -0.39 is 0 Å². The van der Waals surface area contributed by atoms with Gasteiger partial charge in [0, 0.05) is 25.5 Å². The Morgan fingerprint density at radius 2 is 2.12 bits per heavy atom. The van der Waals surface area contributed by atoms with Crippen molar-refractivity contribution in [2.24, 2.45) is 0 Å². The molecule has 0 aliphatic rings. The summed E-state index contributed by atoms with van der Waals surface area (Å²) in [7, 11) is 0. The van der Waals surface area contributed by atoms with Crippen LogP contribution < -0.4 is 5.32 Å². The van der Waals surface area contributed by atoms with Crippen LogP contribution in [0.15, 0.2) is 42.7 Å². The molecule has 1 heterocycles. The lowest BCUT2D eigenvalue weighted by molar-refractivity contribution is 0.620. The van der Waals surface area contributed by atoms with Crippen LogP contribution in [0.4, 0.5) is 4.39 Å². The molecule has 0 saturated carbocycles. The average Bonchev–Trinajstić information content (AvgIpc) is 2.32. The minimum Gasteiger partial charge on any atom is -0.309 e. The second-order valence-electron chi connectivity index (χ2n) is 4.04. The highest BCUT2D eigenvalue weighted by Crippen LogP contribution is 2.06. The fourth-order valence-electron chi connectivity index (χ4n) is 1.67. The van der Waals surface area contributed by atoms with Crippen molar-refractivity contribution in [2.45, 2.75) is 20.0 Å². The maximum Gasteiger partial charge on any atom is 0.123 e. The van der Waals surface area contributed by atoms with Gasteiger partial charge in [0.1, 0.15) is 5.82 Å². The van der Waals surface area contributed by atoms with E-state index in [4.69, 9.17) is 0 Å². The van der Waals surface area contributed by atoms with Gasteiger partial charge in [0.15, 0.2) is 0 Å². The van der Waals surface area contributed by atoms with Gasteiger partial charge in [-0.15, -0.1) is 0 Å². The van der Waals surface area contributed by atoms with Crippen LogP contribution in [-0.2, 0) is 13.1 Å². The SMILES string of the molecule is Cc1ccncc1CNCc1cccc(F)c1. The van der Waals surface area contributed by atoms with E-state index in [0.29, 0.717) is 6.54 Å². The summed E-state index contributed by atoms with van der Waals surface area (Å²) in [4.78, 5) is 4.09. The molecule has 0 amide bonds. The number of aryl methyl sites for hydroxylation is 1. The Morgan fingerprint density at radius 3 is 2.88 bits per heavy atom. The van der Waals surface area contributed by atoms with Gasteiger partial charge in [0.25, 0.3) is 0 Å². The molecule has 1 aromatic carbocycles. The minimum atomic E-state index is -0.193. The Kier molecular flexibility index (Phi) is 3.83. The van der Waals surface area contributed by atoms with E-state index in [1.165, 1.54) is 17.2 Å². The van der Waals surface area contributed by atoms with Gasteiger partial charge in [-0.25, -0.2) is 4.39 Å². The second kappa shape index (κ2) is 5.55. The van der Waals surface area contributed by atoms with Gasteiger partial charge in [0.05, 0.1) is 0 Å². The Balaban J connectivity index is 1.90. The molecule has 0 atom stereocenters. The van der Waals surface area contributed by atoms with Gasteiger partial charge in [0.2, 0.25) is 0 Å². The summed E-state index contributed by atoms with van der Waals surface area (Å²) < 4.78 is 12.9. The van der Waals surface area contributed by atoms with Gasteiger partial charge in [-0.05, 0) is 41.8 Å². The molecular formula is C14H15FN2. The van der Waals surface area contributed by atoms with Crippen LogP contribution >= 0.6 is 0 Å². The predicted octanol–water partition coefficient (Wildman–Crippen LogP) is 2.82. The van der Waals surface area contributed by atoms with Gasteiger partial charge >= 0.3 is 0 Å². The quantitative estimate of drug-likeness (QED) is 0.873. The third-order valence-electron chi connectivity index (χ3n) is 2.68. The van der Waals surface area contributed by atoms with E-state index in [0.717, 1.165) is 12.1 Å². The first-order valence-electron chi connectivity index (χ1n) is 5.60. The molecule has 0 unspecified atom stereocenters. The summed E-state index contributed by atoms with van der Waals surface area (Å²) in [6.07, 6.45) is 3.64. The maximum absolute atomic E-state index is 12.9. The molecule has 0 fully saturated rings. The molecule has 17 heavy (non-hydrogen) atoms. The number of pyridine rings is 1. The van der Waals surface area contributed by atoms with Crippen molar-refractivity contribution in [3.8, 4) is 0 Å². The van der Waals surface area contributed by atoms with Crippen molar-refractivity contribution in [3.05, 3.63) is 65.2 Å². The van der Waals surface area contributed by atoms with Crippen molar-refractivity contribution in [1.29, 1.82) is 0 Å². The standard InChI is InChI=1S/C14H15FN2/c1-11-5-6-16-9-13(11)10-17-8-12-3-2-4-14(15)7-12/h2-7,9,17H,8,10H2,1H3. The van der Waals surface area contributed by atoms with Crippen LogP contribution in [0.2, 0.25) is 0 Å². The van der Waals surface area contributed by atoms with E-state index >= 15 is 0 Å². The maximum atomic E-state index is 12.9. The molecule has 2 nitrogen and oxygen atoms in total. The van der Waals surface area contributed by atoms with Crippen LogP contribution in [0.1, 0.15) is 16.7 Å². The second-order valence-corrected chi connectivity index (χ2v) is 4.04. The molecule has 2 aromatic rings. The van der Waals surface area contributed by atoms with Gasteiger partial charge in [-0.1, -0.05) is 12.1 Å². The molecular weight excluding hydrogens is 215 g/mol. The Morgan fingerprint density at radius 1 is 1.24 bits per heavy atom. The third kappa shape index (κ3) is 3.36. The average molecular weight is 230 g/mol. The molecule has 0 aliphatic heterocycles. The summed E-state index contributed by atoms with van der Waals surface area (Å²) in [5, 5.41) is 3.28.